The normalized spacial score (nSPS) is 21.5. The average molecular weight is 595 g/mol. The van der Waals surface area contributed by atoms with Crippen LogP contribution in [0.2, 0.25) is 0 Å². The van der Waals surface area contributed by atoms with E-state index < -0.39 is 47.4 Å². The van der Waals surface area contributed by atoms with Gasteiger partial charge in [0.1, 0.15) is 18.8 Å². The average Bonchev–Trinajstić information content (AvgIpc) is 3.58. The zero-order valence-electron chi connectivity index (χ0n) is 23.0. The van der Waals surface area contributed by atoms with E-state index in [2.05, 4.69) is 15.1 Å². The number of rotatable bonds is 12. The van der Waals surface area contributed by atoms with Gasteiger partial charge in [0.05, 0.1) is 32.0 Å². The van der Waals surface area contributed by atoms with Gasteiger partial charge in [0.2, 0.25) is 5.91 Å². The van der Waals surface area contributed by atoms with E-state index >= 15 is 0 Å². The van der Waals surface area contributed by atoms with Crippen LogP contribution in [0.4, 0.5) is 5.69 Å². The topological polar surface area (TPSA) is 191 Å². The predicted molar refractivity (Wildman–Crippen MR) is 149 cm³/mol. The Balaban J connectivity index is 1.05. The number of ether oxygens (including phenoxy) is 4. The van der Waals surface area contributed by atoms with Gasteiger partial charge in [-0.25, -0.2) is 0 Å². The molecule has 1 unspecified atom stereocenters. The molecule has 2 aliphatic rings. The maximum atomic E-state index is 13.0. The van der Waals surface area contributed by atoms with Crippen LogP contribution in [0.15, 0.2) is 60.9 Å². The minimum Gasteiger partial charge on any atom is -0.461 e. The fraction of sp³-hybridized carbons (Fsp3) is 0.379. The number of nitrogens with one attached hydrogen (secondary N) is 1. The third kappa shape index (κ3) is 7.41. The second-order valence-corrected chi connectivity index (χ2v) is 10.1. The highest BCUT2D eigenvalue weighted by Gasteiger charge is 2.51. The van der Waals surface area contributed by atoms with Crippen molar-refractivity contribution in [2.45, 2.75) is 49.8 Å². The molecule has 2 aromatic carbocycles. The minimum atomic E-state index is -0.915. The van der Waals surface area contributed by atoms with Crippen LogP contribution in [-0.2, 0) is 44.8 Å². The Kier molecular flexibility index (Phi) is 9.39. The highest BCUT2D eigenvalue weighted by molar-refractivity contribution is 5.98. The molecule has 3 aromatic rings. The van der Waals surface area contributed by atoms with Crippen molar-refractivity contribution in [3.8, 4) is 0 Å². The second kappa shape index (κ2) is 13.5. The van der Waals surface area contributed by atoms with Crippen molar-refractivity contribution in [2.24, 2.45) is 5.73 Å². The first-order valence-electron chi connectivity index (χ1n) is 13.6. The van der Waals surface area contributed by atoms with Crippen molar-refractivity contribution in [3.63, 3.8) is 0 Å². The number of benzene rings is 2. The summed E-state index contributed by atoms with van der Waals surface area (Å²) in [5.41, 5.74) is 7.98. The molecule has 0 radical (unpaired) electrons. The third-order valence-electron chi connectivity index (χ3n) is 7.24. The molecule has 2 aliphatic heterocycles. The van der Waals surface area contributed by atoms with E-state index in [1.165, 1.54) is 0 Å². The van der Waals surface area contributed by atoms with E-state index in [0.29, 0.717) is 16.8 Å². The van der Waals surface area contributed by atoms with Gasteiger partial charge in [-0.05, 0) is 34.7 Å². The highest BCUT2D eigenvalue weighted by atomic mass is 17.0. The maximum Gasteiger partial charge on any atom is 0.306 e. The summed E-state index contributed by atoms with van der Waals surface area (Å²) in [5, 5.41) is 14.5. The summed E-state index contributed by atoms with van der Waals surface area (Å²) in [6.07, 6.45) is -0.0138. The lowest BCUT2D eigenvalue weighted by atomic mass is 9.97. The van der Waals surface area contributed by atoms with Crippen molar-refractivity contribution in [1.29, 1.82) is 0 Å². The molecule has 1 aromatic heterocycles. The zero-order chi connectivity index (χ0) is 30.3. The van der Waals surface area contributed by atoms with Crippen molar-refractivity contribution < 1.29 is 43.3 Å². The number of fused-ring (bicyclic) bond motifs is 2. The summed E-state index contributed by atoms with van der Waals surface area (Å²) in [6, 6.07) is 14.4. The molecule has 14 heteroatoms. The molecule has 43 heavy (non-hydrogen) atoms. The Morgan fingerprint density at radius 1 is 1.00 bits per heavy atom. The number of anilines is 1. The van der Waals surface area contributed by atoms with E-state index in [9.17, 15) is 24.5 Å². The first-order valence-corrected chi connectivity index (χ1v) is 13.6. The summed E-state index contributed by atoms with van der Waals surface area (Å²) in [7, 11) is 0. The Hall–Kier alpha value is -4.66. The Morgan fingerprint density at radius 3 is 2.47 bits per heavy atom. The molecule has 2 fully saturated rings. The molecule has 5 rings (SSSR count). The van der Waals surface area contributed by atoms with Crippen molar-refractivity contribution in [2.75, 3.05) is 25.1 Å². The molecule has 5 atom stereocenters. The molecule has 2 saturated heterocycles. The summed E-state index contributed by atoms with van der Waals surface area (Å²) < 4.78 is 21.5. The number of carbonyl (C=O) groups excluding carboxylic acids is 3. The van der Waals surface area contributed by atoms with E-state index in [0.717, 1.165) is 10.8 Å². The molecule has 14 nitrogen and oxygen atoms in total. The van der Waals surface area contributed by atoms with E-state index in [-0.39, 0.29) is 45.1 Å². The lowest BCUT2D eigenvalue weighted by Gasteiger charge is -2.17. The first kappa shape index (κ1) is 29.8. The standard InChI is InChI=1S/C29H30N4O10/c30-12-22(29(36)32-21-6-5-20-13-31-10-9-19(20)11-21)18-3-1-17(2-4-18)14-39-25(34)7-8-26(35)42-23-15-40-28-24(43-33(37)38)16-41-27(23)28/h1-6,9-11,13,22-24,27-28H,7-8,12,14-16,30H2,(H,32,36)/t22?,23-,24+,27+,28+/m1/s1. The molecule has 0 aliphatic carbocycles. The SMILES string of the molecule is NCC(C(=O)Nc1ccc2cnccc2c1)c1ccc(COC(=O)CCC(=O)O[C@@H]2CO[C@@H]3[C@H]2OC[C@@H]3O[N+](=O)[O-])cc1. The molecule has 0 spiro atoms. The number of esters is 2. The molecule has 3 heterocycles. The van der Waals surface area contributed by atoms with Crippen LogP contribution in [0.1, 0.15) is 29.9 Å². The molecule has 226 valence electrons. The van der Waals surface area contributed by atoms with Crippen LogP contribution in [0.5, 0.6) is 0 Å². The highest BCUT2D eigenvalue weighted by Crippen LogP contribution is 2.31. The fourth-order valence-electron chi connectivity index (χ4n) is 5.03. The van der Waals surface area contributed by atoms with Crippen LogP contribution in [0.25, 0.3) is 10.8 Å². The quantitative estimate of drug-likeness (QED) is 0.176. The zero-order valence-corrected chi connectivity index (χ0v) is 23.0. The van der Waals surface area contributed by atoms with Gasteiger partial charge in [-0.2, -0.15) is 0 Å². The summed E-state index contributed by atoms with van der Waals surface area (Å²) >= 11 is 0. The molecule has 3 N–H and O–H groups in total. The number of hydrogen-bond acceptors (Lipinski definition) is 12. The number of aromatic nitrogens is 1. The maximum absolute atomic E-state index is 13.0. The van der Waals surface area contributed by atoms with Gasteiger partial charge in [0.25, 0.3) is 5.09 Å². The summed E-state index contributed by atoms with van der Waals surface area (Å²) in [5.74, 6) is -2.07. The first-order chi connectivity index (χ1) is 20.8. The van der Waals surface area contributed by atoms with Gasteiger partial charge < -0.3 is 34.8 Å². The van der Waals surface area contributed by atoms with E-state index in [1.807, 2.05) is 18.2 Å². The number of pyridine rings is 1. The fourth-order valence-corrected chi connectivity index (χ4v) is 5.03. The summed E-state index contributed by atoms with van der Waals surface area (Å²) in [6.45, 7) is 0.0292. The molecule has 1 amide bonds. The largest absolute Gasteiger partial charge is 0.461 e. The number of hydrogen-bond donors (Lipinski definition) is 2. The van der Waals surface area contributed by atoms with Gasteiger partial charge in [-0.15, -0.1) is 10.1 Å². The number of amides is 1. The van der Waals surface area contributed by atoms with Gasteiger partial charge in [0, 0.05) is 30.0 Å². The van der Waals surface area contributed by atoms with Crippen molar-refractivity contribution >= 4 is 34.3 Å². The molecular weight excluding hydrogens is 564 g/mol. The predicted octanol–water partition coefficient (Wildman–Crippen LogP) is 2.03. The number of nitrogens with two attached hydrogens (primary N) is 1. The van der Waals surface area contributed by atoms with Crippen LogP contribution in [0.3, 0.4) is 0 Å². The van der Waals surface area contributed by atoms with Crippen molar-refractivity contribution in [3.05, 3.63) is 82.2 Å². The van der Waals surface area contributed by atoms with Gasteiger partial charge in [0.15, 0.2) is 12.2 Å². The Morgan fingerprint density at radius 2 is 1.72 bits per heavy atom. The smallest absolute Gasteiger partial charge is 0.306 e. The van der Waals surface area contributed by atoms with Crippen LogP contribution in [0, 0.1) is 10.1 Å². The Labute approximate surface area is 245 Å². The van der Waals surface area contributed by atoms with Gasteiger partial charge >= 0.3 is 11.9 Å². The number of carbonyl (C=O) groups is 3. The Bertz CT molecular complexity index is 1480. The second-order valence-electron chi connectivity index (χ2n) is 10.1. The summed E-state index contributed by atoms with van der Waals surface area (Å²) in [4.78, 5) is 56.7. The van der Waals surface area contributed by atoms with Crippen LogP contribution >= 0.6 is 0 Å². The van der Waals surface area contributed by atoms with E-state index in [4.69, 9.17) is 24.7 Å². The number of nitrogens with zero attached hydrogens (tertiary/aromatic N) is 2. The molecule has 0 saturated carbocycles. The molecular formula is C29H30N4O10. The molecule has 0 bridgehead atoms. The lowest BCUT2D eigenvalue weighted by Crippen LogP contribution is -2.35. The lowest BCUT2D eigenvalue weighted by molar-refractivity contribution is -0.769. The van der Waals surface area contributed by atoms with Gasteiger partial charge in [-0.1, -0.05) is 30.3 Å². The van der Waals surface area contributed by atoms with Crippen molar-refractivity contribution in [1.82, 2.24) is 4.98 Å². The third-order valence-corrected chi connectivity index (χ3v) is 7.24. The monoisotopic (exact) mass is 594 g/mol. The van der Waals surface area contributed by atoms with Crippen LogP contribution in [-0.4, -0.2) is 72.1 Å². The van der Waals surface area contributed by atoms with E-state index in [1.54, 1.807) is 42.7 Å². The minimum absolute atomic E-state index is 0.00706. The van der Waals surface area contributed by atoms with Crippen LogP contribution < -0.4 is 11.1 Å². The van der Waals surface area contributed by atoms with Gasteiger partial charge in [-0.3, -0.25) is 19.4 Å².